The molecule has 260 valence electrons. The predicted molar refractivity (Wildman–Crippen MR) is 182 cm³/mol. The summed E-state index contributed by atoms with van der Waals surface area (Å²) in [6.45, 7) is 1.04. The number of nitrogens with zero attached hydrogens (tertiary/aromatic N) is 2. The summed E-state index contributed by atoms with van der Waals surface area (Å²) >= 11 is 0. The zero-order chi connectivity index (χ0) is 34.8. The molecular formula is C35H45N3O9S. The van der Waals surface area contributed by atoms with E-state index >= 15 is 0 Å². The van der Waals surface area contributed by atoms with Crippen molar-refractivity contribution >= 4 is 27.5 Å². The summed E-state index contributed by atoms with van der Waals surface area (Å²) < 4.78 is 56.9. The minimum atomic E-state index is -4.45. The number of anilines is 1. The predicted octanol–water partition coefficient (Wildman–Crippen LogP) is 4.79. The fourth-order valence-electron chi connectivity index (χ4n) is 5.69. The molecule has 1 fully saturated rings. The molecule has 1 saturated carbocycles. The van der Waals surface area contributed by atoms with Gasteiger partial charge in [-0.05, 0) is 61.7 Å². The molecule has 0 bridgehead atoms. The molecule has 0 spiro atoms. The lowest BCUT2D eigenvalue weighted by molar-refractivity contribution is -0.139. The Morgan fingerprint density at radius 3 is 1.98 bits per heavy atom. The van der Waals surface area contributed by atoms with E-state index in [2.05, 4.69) is 5.32 Å². The Balaban J connectivity index is 1.78. The molecule has 48 heavy (non-hydrogen) atoms. The van der Waals surface area contributed by atoms with Gasteiger partial charge in [-0.15, -0.1) is 0 Å². The minimum absolute atomic E-state index is 0.0228. The van der Waals surface area contributed by atoms with E-state index in [1.165, 1.54) is 57.6 Å². The molecule has 0 radical (unpaired) electrons. The van der Waals surface area contributed by atoms with Crippen molar-refractivity contribution in [3.63, 3.8) is 0 Å². The quantitative estimate of drug-likeness (QED) is 0.240. The monoisotopic (exact) mass is 683 g/mol. The van der Waals surface area contributed by atoms with E-state index in [1.54, 1.807) is 50.4 Å². The third-order valence-corrected chi connectivity index (χ3v) is 10.3. The molecule has 0 unspecified atom stereocenters. The lowest BCUT2D eigenvalue weighted by atomic mass is 9.95. The smallest absolute Gasteiger partial charge is 0.265 e. The molecule has 3 aromatic rings. The largest absolute Gasteiger partial charge is 0.497 e. The minimum Gasteiger partial charge on any atom is -0.497 e. The molecule has 4 rings (SSSR count). The summed E-state index contributed by atoms with van der Waals surface area (Å²) in [6, 6.07) is 15.1. The molecule has 1 aliphatic rings. The average Bonchev–Trinajstić information content (AvgIpc) is 3.12. The van der Waals surface area contributed by atoms with E-state index in [1.807, 2.05) is 0 Å². The van der Waals surface area contributed by atoms with Crippen LogP contribution in [-0.2, 0) is 26.2 Å². The van der Waals surface area contributed by atoms with Crippen molar-refractivity contribution in [2.75, 3.05) is 46.4 Å². The van der Waals surface area contributed by atoms with Gasteiger partial charge in [0.1, 0.15) is 29.8 Å². The second kappa shape index (κ2) is 16.4. The normalized spacial score (nSPS) is 14.0. The van der Waals surface area contributed by atoms with Gasteiger partial charge in [0.25, 0.3) is 10.0 Å². The van der Waals surface area contributed by atoms with Gasteiger partial charge in [-0.2, -0.15) is 0 Å². The maximum atomic E-state index is 14.5. The topological polar surface area (TPSA) is 133 Å². The van der Waals surface area contributed by atoms with Gasteiger partial charge in [0.05, 0.1) is 46.1 Å². The van der Waals surface area contributed by atoms with Gasteiger partial charge in [-0.3, -0.25) is 13.9 Å². The Bertz CT molecular complexity index is 1660. The molecule has 12 nitrogen and oxygen atoms in total. The van der Waals surface area contributed by atoms with E-state index in [0.717, 1.165) is 42.0 Å². The van der Waals surface area contributed by atoms with Crippen LogP contribution in [0, 0.1) is 0 Å². The molecular weight excluding hydrogens is 638 g/mol. The van der Waals surface area contributed by atoms with Gasteiger partial charge in [-0.1, -0.05) is 31.4 Å². The molecule has 1 aliphatic carbocycles. The fraction of sp³-hybridized carbons (Fsp3) is 0.429. The van der Waals surface area contributed by atoms with Crippen molar-refractivity contribution in [2.45, 2.75) is 62.6 Å². The molecule has 0 aliphatic heterocycles. The van der Waals surface area contributed by atoms with E-state index in [9.17, 15) is 18.0 Å². The van der Waals surface area contributed by atoms with Crippen LogP contribution in [0.15, 0.2) is 65.6 Å². The Kier molecular flexibility index (Phi) is 12.4. The molecule has 2 amide bonds. The Morgan fingerprint density at radius 2 is 1.38 bits per heavy atom. The summed E-state index contributed by atoms with van der Waals surface area (Å²) in [5.74, 6) is 0.789. The summed E-state index contributed by atoms with van der Waals surface area (Å²) in [5.41, 5.74) is 0.804. The maximum absolute atomic E-state index is 14.5. The zero-order valence-electron chi connectivity index (χ0n) is 28.4. The Morgan fingerprint density at radius 1 is 0.771 bits per heavy atom. The summed E-state index contributed by atoms with van der Waals surface area (Å²) in [5, 5.41) is 3.11. The van der Waals surface area contributed by atoms with E-state index in [-0.39, 0.29) is 40.6 Å². The van der Waals surface area contributed by atoms with Gasteiger partial charge < -0.3 is 33.9 Å². The highest BCUT2D eigenvalue weighted by Crippen LogP contribution is 2.38. The van der Waals surface area contributed by atoms with Crippen molar-refractivity contribution < 1.29 is 41.7 Å². The van der Waals surface area contributed by atoms with E-state index in [0.29, 0.717) is 17.2 Å². The maximum Gasteiger partial charge on any atom is 0.265 e. The lowest BCUT2D eigenvalue weighted by Crippen LogP contribution is -2.53. The first kappa shape index (κ1) is 36.2. The number of benzene rings is 3. The average molecular weight is 684 g/mol. The highest BCUT2D eigenvalue weighted by molar-refractivity contribution is 7.92. The number of rotatable bonds is 15. The van der Waals surface area contributed by atoms with Gasteiger partial charge >= 0.3 is 0 Å². The van der Waals surface area contributed by atoms with Crippen molar-refractivity contribution in [3.05, 3.63) is 66.2 Å². The molecule has 1 atom stereocenters. The second-order valence-electron chi connectivity index (χ2n) is 11.5. The number of carbonyl (C=O) groups is 2. The summed E-state index contributed by atoms with van der Waals surface area (Å²) in [7, 11) is 2.81. The van der Waals surface area contributed by atoms with Crippen LogP contribution in [-0.4, -0.2) is 79.3 Å². The number of methoxy groups -OCH3 is 5. The van der Waals surface area contributed by atoms with E-state index in [4.69, 9.17) is 23.7 Å². The first-order chi connectivity index (χ1) is 23.1. The SMILES string of the molecule is COc1ccc(CN(C(=O)CN(c2cc(OC)ccc2OC)S(=O)(=O)c2ccc(OC)c(OC)c2)[C@@H](C)C(=O)NC2CCCCC2)cc1. The van der Waals surface area contributed by atoms with Crippen LogP contribution in [0.2, 0.25) is 0 Å². The number of sulfonamides is 1. The van der Waals surface area contributed by atoms with Crippen LogP contribution in [0.1, 0.15) is 44.6 Å². The second-order valence-corrected chi connectivity index (χ2v) is 13.3. The Hall–Kier alpha value is -4.65. The number of nitrogens with one attached hydrogen (secondary N) is 1. The van der Waals surface area contributed by atoms with Gasteiger partial charge in [0, 0.05) is 24.7 Å². The number of hydrogen-bond donors (Lipinski definition) is 1. The molecule has 0 heterocycles. The van der Waals surface area contributed by atoms with Crippen molar-refractivity contribution in [1.82, 2.24) is 10.2 Å². The summed E-state index contributed by atoms with van der Waals surface area (Å²) in [6.07, 6.45) is 4.93. The van der Waals surface area contributed by atoms with Gasteiger partial charge in [0.15, 0.2) is 11.5 Å². The van der Waals surface area contributed by atoms with Crippen LogP contribution < -0.4 is 33.3 Å². The third kappa shape index (κ3) is 8.43. The first-order valence-corrected chi connectivity index (χ1v) is 17.2. The van der Waals surface area contributed by atoms with Crippen LogP contribution in [0.5, 0.6) is 28.7 Å². The number of ether oxygens (including phenoxy) is 5. The van der Waals surface area contributed by atoms with Crippen LogP contribution in [0.25, 0.3) is 0 Å². The zero-order valence-corrected chi connectivity index (χ0v) is 29.2. The van der Waals surface area contributed by atoms with Crippen LogP contribution in [0.4, 0.5) is 5.69 Å². The molecule has 0 saturated heterocycles. The molecule has 13 heteroatoms. The van der Waals surface area contributed by atoms with Crippen LogP contribution in [0.3, 0.4) is 0 Å². The van der Waals surface area contributed by atoms with Crippen LogP contribution >= 0.6 is 0 Å². The first-order valence-electron chi connectivity index (χ1n) is 15.8. The van der Waals surface area contributed by atoms with Crippen molar-refractivity contribution in [2.24, 2.45) is 0 Å². The van der Waals surface area contributed by atoms with E-state index < -0.39 is 28.5 Å². The third-order valence-electron chi connectivity index (χ3n) is 8.51. The molecule has 0 aromatic heterocycles. The van der Waals surface area contributed by atoms with Crippen molar-refractivity contribution in [1.29, 1.82) is 0 Å². The number of amides is 2. The lowest BCUT2D eigenvalue weighted by Gasteiger charge is -2.33. The van der Waals surface area contributed by atoms with Gasteiger partial charge in [0.2, 0.25) is 11.8 Å². The summed E-state index contributed by atoms with van der Waals surface area (Å²) in [4.78, 5) is 29.3. The Labute approximate surface area is 282 Å². The van der Waals surface area contributed by atoms with Crippen molar-refractivity contribution in [3.8, 4) is 28.7 Å². The van der Waals surface area contributed by atoms with Gasteiger partial charge in [-0.25, -0.2) is 8.42 Å². The highest BCUT2D eigenvalue weighted by atomic mass is 32.2. The fourth-order valence-corrected chi connectivity index (χ4v) is 7.12. The standard InChI is InChI=1S/C35H45N3O9S/c1-24(35(40)36-26-10-8-7-9-11-26)37(22-25-12-14-27(43-2)15-13-25)34(39)23-38(30-20-28(44-3)16-18-31(30)45-4)48(41,42)29-17-19-32(46-5)33(21-29)47-6/h12-21,24,26H,7-11,22-23H2,1-6H3,(H,36,40)/t24-/m0/s1. The molecule has 1 N–H and O–H groups in total. The number of carbonyl (C=O) groups excluding carboxylic acids is 2. The number of hydrogen-bond acceptors (Lipinski definition) is 9. The molecule has 3 aromatic carbocycles. The highest BCUT2D eigenvalue weighted by Gasteiger charge is 2.35.